The number of sulfone groups is 1. The van der Waals surface area contributed by atoms with E-state index in [1.807, 2.05) is 30.3 Å². The van der Waals surface area contributed by atoms with Crippen LogP contribution in [0.15, 0.2) is 70.5 Å². The number of rotatable bonds is 7. The average molecular weight is 485 g/mol. The molecular formula is C24H24N2O5S2. The van der Waals surface area contributed by atoms with E-state index in [0.717, 1.165) is 22.2 Å². The Hall–Kier alpha value is -2.91. The van der Waals surface area contributed by atoms with Crippen LogP contribution in [-0.2, 0) is 19.4 Å². The van der Waals surface area contributed by atoms with Crippen molar-refractivity contribution in [1.82, 2.24) is 10.2 Å². The summed E-state index contributed by atoms with van der Waals surface area (Å²) < 4.78 is 25.2. The molecule has 0 bridgehead atoms. The van der Waals surface area contributed by atoms with Gasteiger partial charge in [-0.15, -0.1) is 0 Å². The topological polar surface area (TPSA) is 101 Å². The van der Waals surface area contributed by atoms with Gasteiger partial charge in [-0.05, 0) is 48.4 Å². The standard InChI is InChI=1S/C24H24N2O5S2/c27-21-20(17-18-9-3-1-4-10-18)32-23(29)26(21)16-15-25-22(28)24(13-7-8-14-24)33(30,31)19-11-5-2-6-12-19/h1-6,9-12,17H,7-8,13-16H2,(H,25,28)/b20-17-. The van der Waals surface area contributed by atoms with Crippen molar-refractivity contribution in [1.29, 1.82) is 0 Å². The molecule has 0 unspecified atom stereocenters. The number of carbonyl (C=O) groups is 3. The molecule has 0 aromatic heterocycles. The fraction of sp³-hybridized carbons (Fsp3) is 0.292. The number of thioether (sulfide) groups is 1. The summed E-state index contributed by atoms with van der Waals surface area (Å²) in [7, 11) is -3.89. The first-order chi connectivity index (χ1) is 15.8. The summed E-state index contributed by atoms with van der Waals surface area (Å²) in [5.41, 5.74) is 0.811. The molecule has 7 nitrogen and oxygen atoms in total. The Balaban J connectivity index is 1.44. The van der Waals surface area contributed by atoms with E-state index < -0.39 is 31.6 Å². The smallest absolute Gasteiger partial charge is 0.293 e. The Labute approximate surface area is 197 Å². The van der Waals surface area contributed by atoms with Crippen molar-refractivity contribution in [2.45, 2.75) is 35.3 Å². The Bertz CT molecular complexity index is 1190. The summed E-state index contributed by atoms with van der Waals surface area (Å²) in [6.45, 7) is -0.0362. The lowest BCUT2D eigenvalue weighted by molar-refractivity contribution is -0.125. The van der Waals surface area contributed by atoms with Crippen molar-refractivity contribution >= 4 is 44.7 Å². The molecule has 1 saturated carbocycles. The molecule has 0 atom stereocenters. The van der Waals surface area contributed by atoms with Gasteiger partial charge in [0, 0.05) is 13.1 Å². The molecule has 33 heavy (non-hydrogen) atoms. The van der Waals surface area contributed by atoms with E-state index in [2.05, 4.69) is 5.32 Å². The van der Waals surface area contributed by atoms with E-state index in [4.69, 9.17) is 0 Å². The van der Waals surface area contributed by atoms with Crippen molar-refractivity contribution in [3.63, 3.8) is 0 Å². The maximum absolute atomic E-state index is 13.3. The van der Waals surface area contributed by atoms with Crippen molar-refractivity contribution in [2.24, 2.45) is 0 Å². The molecule has 1 aliphatic heterocycles. The van der Waals surface area contributed by atoms with Gasteiger partial charge < -0.3 is 5.32 Å². The summed E-state index contributed by atoms with van der Waals surface area (Å²) in [6.07, 6.45) is 3.44. The van der Waals surface area contributed by atoms with Crippen LogP contribution in [0.2, 0.25) is 0 Å². The molecule has 1 heterocycles. The van der Waals surface area contributed by atoms with Crippen LogP contribution in [0.5, 0.6) is 0 Å². The number of imide groups is 1. The second kappa shape index (κ2) is 9.52. The normalized spacial score (nSPS) is 19.3. The van der Waals surface area contributed by atoms with E-state index in [0.29, 0.717) is 17.7 Å². The molecule has 9 heteroatoms. The molecule has 2 aromatic rings. The molecule has 0 radical (unpaired) electrons. The van der Waals surface area contributed by atoms with Crippen LogP contribution in [0.1, 0.15) is 31.2 Å². The van der Waals surface area contributed by atoms with E-state index >= 15 is 0 Å². The Morgan fingerprint density at radius 3 is 2.24 bits per heavy atom. The summed E-state index contributed by atoms with van der Waals surface area (Å²) in [5, 5.41) is 2.27. The molecule has 172 valence electrons. The van der Waals surface area contributed by atoms with Gasteiger partial charge >= 0.3 is 0 Å². The molecule has 1 saturated heterocycles. The Morgan fingerprint density at radius 1 is 1.00 bits per heavy atom. The maximum Gasteiger partial charge on any atom is 0.293 e. The van der Waals surface area contributed by atoms with Crippen LogP contribution >= 0.6 is 11.8 Å². The summed E-state index contributed by atoms with van der Waals surface area (Å²) in [4.78, 5) is 39.7. The van der Waals surface area contributed by atoms with Crippen LogP contribution in [0, 0.1) is 0 Å². The SMILES string of the molecule is O=C1S/C(=C\c2ccccc2)C(=O)N1CCNC(=O)C1(S(=O)(=O)c2ccccc2)CCCC1. The van der Waals surface area contributed by atoms with Crippen molar-refractivity contribution in [3.05, 3.63) is 71.1 Å². The predicted molar refractivity (Wildman–Crippen MR) is 127 cm³/mol. The lowest BCUT2D eigenvalue weighted by atomic mass is 10.1. The van der Waals surface area contributed by atoms with Crippen molar-refractivity contribution < 1.29 is 22.8 Å². The van der Waals surface area contributed by atoms with Gasteiger partial charge in [0.05, 0.1) is 9.80 Å². The van der Waals surface area contributed by atoms with Crippen LogP contribution in [0.4, 0.5) is 4.79 Å². The number of carbonyl (C=O) groups excluding carboxylic acids is 3. The minimum Gasteiger partial charge on any atom is -0.353 e. The number of nitrogens with zero attached hydrogens (tertiary/aromatic N) is 1. The minimum absolute atomic E-state index is 0.0124. The summed E-state index contributed by atoms with van der Waals surface area (Å²) >= 11 is 0.852. The lowest BCUT2D eigenvalue weighted by Crippen LogP contribution is -2.52. The second-order valence-corrected chi connectivity index (χ2v) is 11.3. The van der Waals surface area contributed by atoms with Crippen LogP contribution in [0.3, 0.4) is 0 Å². The van der Waals surface area contributed by atoms with Gasteiger partial charge in [0.1, 0.15) is 0 Å². The first kappa shape index (κ1) is 23.3. The Morgan fingerprint density at radius 2 is 1.61 bits per heavy atom. The zero-order valence-electron chi connectivity index (χ0n) is 17.9. The van der Waals surface area contributed by atoms with Gasteiger partial charge in [0.2, 0.25) is 5.91 Å². The number of amides is 3. The van der Waals surface area contributed by atoms with Crippen LogP contribution < -0.4 is 5.32 Å². The summed E-state index contributed by atoms with van der Waals surface area (Å²) in [6, 6.07) is 17.2. The molecule has 2 fully saturated rings. The third kappa shape index (κ3) is 4.47. The highest BCUT2D eigenvalue weighted by Crippen LogP contribution is 2.40. The second-order valence-electron chi connectivity index (χ2n) is 8.02. The zero-order chi connectivity index (χ0) is 23.5. The number of hydrogen-bond donors (Lipinski definition) is 1. The van der Waals surface area contributed by atoms with Gasteiger partial charge in [-0.25, -0.2) is 8.42 Å². The molecule has 0 spiro atoms. The van der Waals surface area contributed by atoms with Gasteiger partial charge in [-0.3, -0.25) is 19.3 Å². The van der Waals surface area contributed by atoms with Gasteiger partial charge in [-0.2, -0.15) is 0 Å². The van der Waals surface area contributed by atoms with Crippen molar-refractivity contribution in [2.75, 3.05) is 13.1 Å². The fourth-order valence-electron chi connectivity index (χ4n) is 4.22. The van der Waals surface area contributed by atoms with Crippen molar-refractivity contribution in [3.8, 4) is 0 Å². The predicted octanol–water partition coefficient (Wildman–Crippen LogP) is 3.63. The van der Waals surface area contributed by atoms with Gasteiger partial charge in [0.25, 0.3) is 11.1 Å². The third-order valence-electron chi connectivity index (χ3n) is 5.98. The minimum atomic E-state index is -3.89. The average Bonchev–Trinajstić information content (AvgIpc) is 3.43. The first-order valence-corrected chi connectivity index (χ1v) is 13.0. The lowest BCUT2D eigenvalue weighted by Gasteiger charge is -2.28. The zero-order valence-corrected chi connectivity index (χ0v) is 19.5. The number of benzene rings is 2. The quantitative estimate of drug-likeness (QED) is 0.603. The monoisotopic (exact) mass is 484 g/mol. The molecule has 2 aliphatic rings. The van der Waals surface area contributed by atoms with Gasteiger partial charge in [-0.1, -0.05) is 61.4 Å². The van der Waals surface area contributed by atoms with Gasteiger partial charge in [0.15, 0.2) is 14.6 Å². The first-order valence-electron chi connectivity index (χ1n) is 10.7. The highest BCUT2D eigenvalue weighted by molar-refractivity contribution is 8.18. The summed E-state index contributed by atoms with van der Waals surface area (Å²) in [5.74, 6) is -0.994. The van der Waals surface area contributed by atoms with E-state index in [-0.39, 0.29) is 30.8 Å². The molecular weight excluding hydrogens is 460 g/mol. The van der Waals surface area contributed by atoms with Crippen LogP contribution in [0.25, 0.3) is 6.08 Å². The fourth-order valence-corrected chi connectivity index (χ4v) is 7.20. The van der Waals surface area contributed by atoms with Crippen LogP contribution in [-0.4, -0.2) is 48.2 Å². The highest BCUT2D eigenvalue weighted by Gasteiger charge is 2.52. The molecule has 1 N–H and O–H groups in total. The molecule has 4 rings (SSSR count). The van der Waals surface area contributed by atoms with E-state index in [1.54, 1.807) is 24.3 Å². The molecule has 2 aromatic carbocycles. The molecule has 1 aliphatic carbocycles. The maximum atomic E-state index is 13.3. The molecule has 3 amide bonds. The largest absolute Gasteiger partial charge is 0.353 e. The number of nitrogens with one attached hydrogen (secondary N) is 1. The highest BCUT2D eigenvalue weighted by atomic mass is 32.2. The third-order valence-corrected chi connectivity index (χ3v) is 9.41. The Kier molecular flexibility index (Phi) is 6.71. The number of hydrogen-bond acceptors (Lipinski definition) is 6. The van der Waals surface area contributed by atoms with E-state index in [9.17, 15) is 22.8 Å². The van der Waals surface area contributed by atoms with E-state index in [1.165, 1.54) is 12.1 Å².